The molecule has 7 nitrogen and oxygen atoms in total. The maximum Gasteiger partial charge on any atom is 0.260 e. The van der Waals surface area contributed by atoms with Gasteiger partial charge in [-0.1, -0.05) is 0 Å². The number of hydrogen-bond donors (Lipinski definition) is 1. The van der Waals surface area contributed by atoms with Gasteiger partial charge in [-0.05, 0) is 39.5 Å². The van der Waals surface area contributed by atoms with Crippen LogP contribution < -0.4 is 5.32 Å². The van der Waals surface area contributed by atoms with Gasteiger partial charge < -0.3 is 5.32 Å². The molecular formula is C17H20N6O. The zero-order valence-electron chi connectivity index (χ0n) is 14.0. The number of aryl methyl sites for hydroxylation is 2. The highest BCUT2D eigenvalue weighted by atomic mass is 16.1. The summed E-state index contributed by atoms with van der Waals surface area (Å²) in [6.07, 6.45) is 7.53. The first-order valence-electron chi connectivity index (χ1n) is 8.21. The number of anilines is 1. The molecule has 0 saturated heterocycles. The Hall–Kier alpha value is -2.70. The molecule has 124 valence electrons. The van der Waals surface area contributed by atoms with Crippen molar-refractivity contribution in [3.63, 3.8) is 0 Å². The molecule has 1 amide bonds. The van der Waals surface area contributed by atoms with Crippen LogP contribution in [-0.4, -0.2) is 30.3 Å². The Morgan fingerprint density at radius 2 is 2.08 bits per heavy atom. The number of nitrogens with zero attached hydrogens (tertiary/aromatic N) is 5. The molecule has 1 N–H and O–H groups in total. The van der Waals surface area contributed by atoms with Crippen molar-refractivity contribution in [1.82, 2.24) is 24.4 Å². The first-order valence-corrected chi connectivity index (χ1v) is 8.21. The molecule has 3 heterocycles. The molecule has 0 spiro atoms. The van der Waals surface area contributed by atoms with Crippen LogP contribution in [-0.2, 0) is 0 Å². The smallest absolute Gasteiger partial charge is 0.260 e. The molecule has 0 unspecified atom stereocenters. The molecule has 0 radical (unpaired) electrons. The maximum atomic E-state index is 12.8. The number of aromatic nitrogens is 5. The second-order valence-corrected chi connectivity index (χ2v) is 6.51. The van der Waals surface area contributed by atoms with Crippen molar-refractivity contribution in [3.05, 3.63) is 41.5 Å². The zero-order valence-corrected chi connectivity index (χ0v) is 14.0. The second-order valence-electron chi connectivity index (χ2n) is 6.51. The average Bonchev–Trinajstić information content (AvgIpc) is 3.20. The van der Waals surface area contributed by atoms with Gasteiger partial charge in [0.1, 0.15) is 5.82 Å². The number of nitrogens with one attached hydrogen (secondary N) is 1. The molecule has 1 aliphatic rings. The number of amides is 1. The molecule has 1 saturated carbocycles. The Kier molecular flexibility index (Phi) is 3.37. The standard InChI is InChI=1S/C17H20N6O/c1-10-8-20-23(11(2)13-4-5-13)16(10)21-17(24)14-9-18-15-6-7-19-22(15)12(14)3/h6-9,11,13H,4-5H2,1-3H3,(H,21,24)/t11-/m1/s1. The van der Waals surface area contributed by atoms with E-state index in [4.69, 9.17) is 0 Å². The van der Waals surface area contributed by atoms with Crippen molar-refractivity contribution in [2.75, 3.05) is 5.32 Å². The summed E-state index contributed by atoms with van der Waals surface area (Å²) in [7, 11) is 0. The van der Waals surface area contributed by atoms with Gasteiger partial charge in [0.15, 0.2) is 5.65 Å². The lowest BCUT2D eigenvalue weighted by Crippen LogP contribution is -2.21. The van der Waals surface area contributed by atoms with E-state index in [1.54, 1.807) is 23.1 Å². The van der Waals surface area contributed by atoms with Gasteiger partial charge >= 0.3 is 0 Å². The topological polar surface area (TPSA) is 77.1 Å². The quantitative estimate of drug-likeness (QED) is 0.800. The van der Waals surface area contributed by atoms with Crippen LogP contribution in [0.3, 0.4) is 0 Å². The molecule has 1 aliphatic carbocycles. The van der Waals surface area contributed by atoms with E-state index in [0.29, 0.717) is 17.5 Å². The van der Waals surface area contributed by atoms with Crippen LogP contribution in [0.25, 0.3) is 5.65 Å². The van der Waals surface area contributed by atoms with Crippen LogP contribution in [0.5, 0.6) is 0 Å². The van der Waals surface area contributed by atoms with E-state index in [1.165, 1.54) is 12.8 Å². The summed E-state index contributed by atoms with van der Waals surface area (Å²) in [6, 6.07) is 2.10. The van der Waals surface area contributed by atoms with Gasteiger partial charge in [-0.3, -0.25) is 4.79 Å². The number of carbonyl (C=O) groups is 1. The van der Waals surface area contributed by atoms with Gasteiger partial charge in [0, 0.05) is 17.8 Å². The van der Waals surface area contributed by atoms with Crippen LogP contribution in [0.1, 0.15) is 47.4 Å². The lowest BCUT2D eigenvalue weighted by molar-refractivity contribution is 0.102. The highest BCUT2D eigenvalue weighted by molar-refractivity contribution is 6.04. The molecule has 3 aromatic heterocycles. The largest absolute Gasteiger partial charge is 0.306 e. The molecule has 1 atom stereocenters. The molecule has 3 aromatic rings. The summed E-state index contributed by atoms with van der Waals surface area (Å²) in [5.74, 6) is 1.23. The Morgan fingerprint density at radius 3 is 2.83 bits per heavy atom. The Morgan fingerprint density at radius 1 is 1.29 bits per heavy atom. The van der Waals surface area contributed by atoms with Crippen LogP contribution in [0.2, 0.25) is 0 Å². The summed E-state index contributed by atoms with van der Waals surface area (Å²) in [5.41, 5.74) is 2.97. The van der Waals surface area contributed by atoms with Gasteiger partial charge in [0.25, 0.3) is 5.91 Å². The van der Waals surface area contributed by atoms with Gasteiger partial charge in [-0.15, -0.1) is 0 Å². The summed E-state index contributed by atoms with van der Waals surface area (Å²) < 4.78 is 3.60. The minimum atomic E-state index is -0.190. The number of carbonyl (C=O) groups excluding carboxylic acids is 1. The first-order chi connectivity index (χ1) is 11.6. The molecule has 4 rings (SSSR count). The maximum absolute atomic E-state index is 12.8. The monoisotopic (exact) mass is 324 g/mol. The Bertz CT molecular complexity index is 920. The lowest BCUT2D eigenvalue weighted by Gasteiger charge is -2.16. The molecule has 24 heavy (non-hydrogen) atoms. The average molecular weight is 324 g/mol. The van der Waals surface area contributed by atoms with Gasteiger partial charge in [-0.25, -0.2) is 14.2 Å². The molecule has 7 heteroatoms. The number of fused-ring (bicyclic) bond motifs is 1. The van der Waals surface area contributed by atoms with E-state index >= 15 is 0 Å². The van der Waals surface area contributed by atoms with Crippen LogP contribution in [0.4, 0.5) is 5.82 Å². The predicted octanol–water partition coefficient (Wildman–Crippen LogP) is 2.77. The second kappa shape index (κ2) is 5.43. The molecule has 1 fully saturated rings. The van der Waals surface area contributed by atoms with E-state index in [2.05, 4.69) is 27.4 Å². The zero-order chi connectivity index (χ0) is 16.8. The molecule has 0 aliphatic heterocycles. The van der Waals surface area contributed by atoms with Crippen LogP contribution in [0.15, 0.2) is 24.7 Å². The van der Waals surface area contributed by atoms with Crippen molar-refractivity contribution < 1.29 is 4.79 Å². The third-order valence-corrected chi connectivity index (χ3v) is 4.80. The fraction of sp³-hybridized carbons (Fsp3) is 0.412. The normalized spacial score (nSPS) is 15.6. The van der Waals surface area contributed by atoms with E-state index in [9.17, 15) is 4.79 Å². The molecule has 0 aromatic carbocycles. The Balaban J connectivity index is 1.66. The molecule has 0 bridgehead atoms. The van der Waals surface area contributed by atoms with Gasteiger partial charge in [-0.2, -0.15) is 10.2 Å². The van der Waals surface area contributed by atoms with Gasteiger partial charge in [0.05, 0.1) is 29.7 Å². The van der Waals surface area contributed by atoms with Crippen LogP contribution >= 0.6 is 0 Å². The van der Waals surface area contributed by atoms with Crippen molar-refractivity contribution in [3.8, 4) is 0 Å². The summed E-state index contributed by atoms with van der Waals surface area (Å²) in [6.45, 7) is 5.98. The van der Waals surface area contributed by atoms with Gasteiger partial charge in [0.2, 0.25) is 0 Å². The summed E-state index contributed by atoms with van der Waals surface area (Å²) in [4.78, 5) is 17.1. The highest BCUT2D eigenvalue weighted by Gasteiger charge is 2.31. The third kappa shape index (κ3) is 2.36. The fourth-order valence-electron chi connectivity index (χ4n) is 3.08. The Labute approximate surface area is 139 Å². The summed E-state index contributed by atoms with van der Waals surface area (Å²) >= 11 is 0. The van der Waals surface area contributed by atoms with Crippen molar-refractivity contribution in [2.45, 2.75) is 39.7 Å². The third-order valence-electron chi connectivity index (χ3n) is 4.80. The van der Waals surface area contributed by atoms with E-state index in [-0.39, 0.29) is 5.91 Å². The van der Waals surface area contributed by atoms with Crippen molar-refractivity contribution in [2.24, 2.45) is 5.92 Å². The minimum Gasteiger partial charge on any atom is -0.306 e. The minimum absolute atomic E-state index is 0.190. The number of rotatable bonds is 4. The molecular weight excluding hydrogens is 304 g/mol. The lowest BCUT2D eigenvalue weighted by atomic mass is 10.2. The van der Waals surface area contributed by atoms with Crippen molar-refractivity contribution >= 4 is 17.4 Å². The first kappa shape index (κ1) is 14.9. The van der Waals surface area contributed by atoms with E-state index < -0.39 is 0 Å². The number of hydrogen-bond acceptors (Lipinski definition) is 4. The highest BCUT2D eigenvalue weighted by Crippen LogP contribution is 2.40. The fourth-order valence-corrected chi connectivity index (χ4v) is 3.08. The summed E-state index contributed by atoms with van der Waals surface area (Å²) in [5, 5.41) is 11.7. The van der Waals surface area contributed by atoms with E-state index in [0.717, 1.165) is 22.7 Å². The van der Waals surface area contributed by atoms with Crippen LogP contribution in [0, 0.1) is 19.8 Å². The van der Waals surface area contributed by atoms with Crippen molar-refractivity contribution in [1.29, 1.82) is 0 Å². The van der Waals surface area contributed by atoms with E-state index in [1.807, 2.05) is 24.6 Å². The predicted molar refractivity (Wildman–Crippen MR) is 90.1 cm³/mol. The SMILES string of the molecule is Cc1cnn([C@H](C)C2CC2)c1NC(=O)c1cnc2ccnn2c1C.